The normalized spacial score (nSPS) is 19.6. The number of unbranched alkanes of at least 4 members (excludes halogenated alkanes) is 10. The summed E-state index contributed by atoms with van der Waals surface area (Å²) >= 11 is 0. The fourth-order valence-corrected chi connectivity index (χ4v) is 16.7. The molecule has 25 nitrogen and oxygen atoms in total. The van der Waals surface area contributed by atoms with Gasteiger partial charge in [0.15, 0.2) is 0 Å². The van der Waals surface area contributed by atoms with Crippen LogP contribution in [-0.4, -0.2) is 244 Å². The quantitative estimate of drug-likeness (QED) is 0.0190. The number of carbonyl (C=O) groups is 7. The molecule has 4 aliphatic rings. The van der Waals surface area contributed by atoms with Gasteiger partial charge >= 0.3 is 6.16 Å². The van der Waals surface area contributed by atoms with Crippen LogP contribution < -0.4 is 21.3 Å². The standard InChI is InChI=1S/C17H30N2O2.C17H34O5.2C15H27NO2.C14H24O2.2C8H10O2.C6H14O2.C6H12O2/c1-12(20)18-16-7-3-14(4-8-16)11-15-5-9-17(10-6-15)19-13(2)21;1-19-13-9-5-3-4-6-11-15-21-17(18)22-16-12-8-7-10-14-20-2;2*1-11(17)6-13-7-14(3,4)9-15(5,8-13)10-16-12(2)18;1-4-14(13-16-3)11-9-7-5-6-8-10-12-15-2;2*1-9-7-5-3-4-6-8-10-2;2*1-7-5-3-4-6-8-2/h14-17H,3-11H2,1-2H3,(H,18,20)(H,19,21);3-16H2,1-2H3;2*13H,6-10H2,1-5H3,(H,16,18);4,7-10,14H,1,5-6,11-13H2,2-3H3;2*7-8H2,1-2H3;3-6H2,1-2H3;3-4H,5-6H2,1-2H3/b;;;;9-7-,10-8+;;;;4-3-. The first-order valence-electron chi connectivity index (χ1n) is 47.8. The van der Waals surface area contributed by atoms with Gasteiger partial charge in [0.2, 0.25) is 23.6 Å². The number of nitrogens with one attached hydrogen (secondary N) is 4. The Bertz CT molecular complexity index is 2970. The lowest BCUT2D eigenvalue weighted by atomic mass is 9.60. The molecular weight excluding hydrogens is 1670 g/mol. The number of ketones is 2. The number of rotatable bonds is 51. The molecule has 4 saturated carbocycles. The molecule has 4 N–H and O–H groups in total. The summed E-state index contributed by atoms with van der Waals surface area (Å²) in [6.45, 7) is 37.3. The Balaban J connectivity index is -0.000000464. The van der Waals surface area contributed by atoms with Crippen LogP contribution in [0.5, 0.6) is 0 Å². The molecule has 0 heterocycles. The number of amides is 4. The van der Waals surface area contributed by atoms with Crippen molar-refractivity contribution in [3.63, 3.8) is 0 Å². The van der Waals surface area contributed by atoms with E-state index in [1.54, 1.807) is 127 Å². The third-order valence-electron chi connectivity index (χ3n) is 21.6. The third kappa shape index (κ3) is 97.6. The van der Waals surface area contributed by atoms with E-state index in [-0.39, 0.29) is 56.9 Å². The van der Waals surface area contributed by atoms with Crippen LogP contribution in [-0.2, 0) is 95.1 Å². The molecule has 25 heteroatoms. The number of methoxy groups -OCH3 is 12. The van der Waals surface area contributed by atoms with Gasteiger partial charge in [0.25, 0.3) is 0 Å². The van der Waals surface area contributed by atoms with Gasteiger partial charge in [-0.3, -0.25) is 19.2 Å². The minimum Gasteiger partial charge on any atom is -0.434 e. The Morgan fingerprint density at radius 2 is 0.664 bits per heavy atom. The Morgan fingerprint density at radius 3 is 0.947 bits per heavy atom. The van der Waals surface area contributed by atoms with Crippen LogP contribution in [0.2, 0.25) is 0 Å². The maximum atomic E-state index is 11.3. The zero-order chi connectivity index (χ0) is 99.4. The lowest BCUT2D eigenvalue weighted by molar-refractivity contribution is -0.121. The Labute approximate surface area is 797 Å². The van der Waals surface area contributed by atoms with Crippen molar-refractivity contribution in [1.82, 2.24) is 21.3 Å². The summed E-state index contributed by atoms with van der Waals surface area (Å²) in [6, 6.07) is 0.823. The first-order chi connectivity index (χ1) is 62.6. The highest BCUT2D eigenvalue weighted by molar-refractivity contribution is 5.76. The number of ether oxygens (including phenoxy) is 14. The molecule has 0 spiro atoms. The van der Waals surface area contributed by atoms with Gasteiger partial charge in [-0.2, -0.15) is 0 Å². The van der Waals surface area contributed by atoms with E-state index in [9.17, 15) is 33.6 Å². The van der Waals surface area contributed by atoms with E-state index in [1.807, 2.05) is 24.3 Å². The van der Waals surface area contributed by atoms with Crippen LogP contribution in [0.1, 0.15) is 289 Å². The molecule has 0 aromatic carbocycles. The molecule has 4 amide bonds. The molecule has 0 aromatic rings. The molecule has 0 aliphatic heterocycles. The maximum absolute atomic E-state index is 11.3. The molecule has 0 aromatic heterocycles. The lowest BCUT2D eigenvalue weighted by Crippen LogP contribution is -2.43. The minimum absolute atomic E-state index is 0.0303. The van der Waals surface area contributed by atoms with Gasteiger partial charge < -0.3 is 97.2 Å². The zero-order valence-corrected chi connectivity index (χ0v) is 86.8. The third-order valence-corrected chi connectivity index (χ3v) is 21.6. The number of hydrogen-bond donors (Lipinski definition) is 4. The van der Waals surface area contributed by atoms with E-state index >= 15 is 0 Å². The highest BCUT2D eigenvalue weighted by atomic mass is 16.7. The predicted molar refractivity (Wildman–Crippen MR) is 531 cm³/mol. The van der Waals surface area contributed by atoms with Gasteiger partial charge in [0, 0.05) is 183 Å². The van der Waals surface area contributed by atoms with Crippen molar-refractivity contribution < 1.29 is 99.9 Å². The first-order valence-corrected chi connectivity index (χ1v) is 47.8. The molecule has 5 atom stereocenters. The highest BCUT2D eigenvalue weighted by Gasteiger charge is 2.43. The Hall–Kier alpha value is -6.79. The monoisotopic (exact) mass is 1850 g/mol. The molecule has 0 radical (unpaired) electrons. The summed E-state index contributed by atoms with van der Waals surface area (Å²) in [5.74, 6) is 25.1. The lowest BCUT2D eigenvalue weighted by Gasteiger charge is -2.46. The molecule has 0 bridgehead atoms. The molecule has 4 aliphatic carbocycles. The number of hydrogen-bond acceptors (Lipinski definition) is 21. The van der Waals surface area contributed by atoms with E-state index in [2.05, 4.69) is 154 Å². The van der Waals surface area contributed by atoms with Gasteiger partial charge in [-0.15, -0.1) is 6.58 Å². The molecule has 0 saturated heterocycles. The summed E-state index contributed by atoms with van der Waals surface area (Å²) < 4.78 is 67.9. The Morgan fingerprint density at radius 1 is 0.359 bits per heavy atom. The average Bonchev–Trinajstić information content (AvgIpc) is 0.804. The average molecular weight is 1850 g/mol. The molecule has 758 valence electrons. The molecule has 4 fully saturated rings. The zero-order valence-electron chi connectivity index (χ0n) is 86.8. The second-order valence-corrected chi connectivity index (χ2v) is 36.7. The smallest absolute Gasteiger partial charge is 0.434 e. The van der Waals surface area contributed by atoms with E-state index in [4.69, 9.17) is 47.4 Å². The topological polar surface area (TPSA) is 297 Å². The molecule has 5 unspecified atom stereocenters. The summed E-state index contributed by atoms with van der Waals surface area (Å²) in [5.41, 5.74) is 0.748. The SMILES string of the molecule is C=CC(C/C=C\CC/C=C/COC)COC.CC(=O)CC1CC(C)(C)CC(C)(CNC(C)=O)C1.CC(=O)CC1CC(C)(C)CC(C)(CNC(C)=O)C1.CC(=O)NC1CCC(CC2CCC(NC(C)=O)CC2)CC1.COC/C=C\COC.COCC#CC#CCOC.COCC#CC#CCOC.COCCCCCCCCOC(=O)OCCCCCCOC.COCCCCOC. The Kier molecular flexibility index (Phi) is 94.8. The van der Waals surface area contributed by atoms with Crippen molar-refractivity contribution in [2.45, 2.75) is 301 Å². The molecular formula is C106H188N4O21. The van der Waals surface area contributed by atoms with Crippen molar-refractivity contribution in [3.8, 4) is 47.4 Å². The van der Waals surface area contributed by atoms with Crippen LogP contribution in [0.15, 0.2) is 49.1 Å². The van der Waals surface area contributed by atoms with Gasteiger partial charge in [0.05, 0.1) is 39.6 Å². The van der Waals surface area contributed by atoms with E-state index in [1.165, 1.54) is 51.4 Å². The first kappa shape index (κ1) is 133. The van der Waals surface area contributed by atoms with Crippen molar-refractivity contribution in [2.24, 2.45) is 51.2 Å². The van der Waals surface area contributed by atoms with Gasteiger partial charge in [-0.25, -0.2) is 4.79 Å². The number of carbonyl (C=O) groups excluding carboxylic acids is 7. The largest absolute Gasteiger partial charge is 0.508 e. The molecule has 131 heavy (non-hydrogen) atoms. The van der Waals surface area contributed by atoms with Gasteiger partial charge in [0.1, 0.15) is 38.0 Å². The second kappa shape index (κ2) is 93.6. The predicted octanol–water partition coefficient (Wildman–Crippen LogP) is 18.8. The summed E-state index contributed by atoms with van der Waals surface area (Å²) in [4.78, 5) is 78.3. The van der Waals surface area contributed by atoms with Crippen molar-refractivity contribution in [2.75, 3.05) is 191 Å². The summed E-state index contributed by atoms with van der Waals surface area (Å²) in [7, 11) is 20.0. The number of allylic oxidation sites excluding steroid dienone is 3. The fourth-order valence-electron chi connectivity index (χ4n) is 16.7. The number of Topliss-reactive ketones (excluding diaryl/α,β-unsaturated/α-hetero) is 2. The van der Waals surface area contributed by atoms with Crippen LogP contribution in [0.4, 0.5) is 4.79 Å². The van der Waals surface area contributed by atoms with E-state index < -0.39 is 6.16 Å². The highest BCUT2D eigenvalue weighted by Crippen LogP contribution is 2.51. The van der Waals surface area contributed by atoms with Crippen LogP contribution in [0.3, 0.4) is 0 Å². The second-order valence-electron chi connectivity index (χ2n) is 36.7. The summed E-state index contributed by atoms with van der Waals surface area (Å²) in [6.07, 6.45) is 48.9. The van der Waals surface area contributed by atoms with Crippen molar-refractivity contribution >= 4 is 41.4 Å². The minimum atomic E-state index is -0.531. The van der Waals surface area contributed by atoms with E-state index in [0.29, 0.717) is 102 Å². The maximum Gasteiger partial charge on any atom is 0.508 e. The van der Waals surface area contributed by atoms with E-state index in [0.717, 1.165) is 199 Å². The van der Waals surface area contributed by atoms with Crippen molar-refractivity contribution in [3.05, 3.63) is 49.1 Å². The van der Waals surface area contributed by atoms with Gasteiger partial charge in [-0.05, 0) is 243 Å². The van der Waals surface area contributed by atoms with Crippen molar-refractivity contribution in [1.29, 1.82) is 0 Å². The summed E-state index contributed by atoms with van der Waals surface area (Å²) in [5, 5.41) is 12.0. The van der Waals surface area contributed by atoms with Crippen LogP contribution >= 0.6 is 0 Å². The van der Waals surface area contributed by atoms with Gasteiger partial charge in [-0.1, -0.05) is 140 Å². The fraction of sp³-hybridized carbons (Fsp3) is 0.783. The molecule has 4 rings (SSSR count). The van der Waals surface area contributed by atoms with Crippen LogP contribution in [0, 0.1) is 98.6 Å². The van der Waals surface area contributed by atoms with Crippen LogP contribution in [0.25, 0.3) is 0 Å².